The van der Waals surface area contributed by atoms with Crippen molar-refractivity contribution in [2.45, 2.75) is 225 Å². The summed E-state index contributed by atoms with van der Waals surface area (Å²) in [5.41, 5.74) is 0. The molecule has 0 saturated carbocycles. The maximum atomic E-state index is 2.35. The van der Waals surface area contributed by atoms with Crippen molar-refractivity contribution in [2.24, 2.45) is 0 Å². The normalized spacial score (nSPS) is 12.0. The summed E-state index contributed by atoms with van der Waals surface area (Å²) in [6, 6.07) is 0. The van der Waals surface area contributed by atoms with E-state index in [1.807, 2.05) is 0 Å². The van der Waals surface area contributed by atoms with Gasteiger partial charge in [-0.1, -0.05) is 0 Å². The minimum atomic E-state index is -2.01. The number of rotatable bonds is 32. The quantitative estimate of drug-likeness (QED) is 0.0514. The van der Waals surface area contributed by atoms with E-state index >= 15 is 0 Å². The van der Waals surface area contributed by atoms with Crippen LogP contribution in [0.5, 0.6) is 0 Å². The van der Waals surface area contributed by atoms with Crippen LogP contribution in [0.2, 0.25) is 17.7 Å². The van der Waals surface area contributed by atoms with E-state index in [1.54, 1.807) is 69.1 Å². The Morgan fingerprint density at radius 2 is 0.378 bits per heavy atom. The molecule has 0 aromatic heterocycles. The van der Waals surface area contributed by atoms with Crippen LogP contribution in [-0.4, -0.2) is 18.4 Å². The Morgan fingerprint density at radius 1 is 0.216 bits per heavy atom. The van der Waals surface area contributed by atoms with E-state index in [-0.39, 0.29) is 0 Å². The van der Waals surface area contributed by atoms with Crippen LogP contribution < -0.4 is 0 Å². The third kappa shape index (κ3) is 26.8. The molecule has 1 heteroatoms. The van der Waals surface area contributed by atoms with Crippen molar-refractivity contribution in [3.8, 4) is 0 Å². The zero-order valence-electron chi connectivity index (χ0n) is 27.1. The van der Waals surface area contributed by atoms with Gasteiger partial charge in [0.25, 0.3) is 0 Å². The van der Waals surface area contributed by atoms with Crippen LogP contribution in [0.15, 0.2) is 0 Å². The van der Waals surface area contributed by atoms with Crippen molar-refractivity contribution in [1.82, 2.24) is 0 Å². The molecule has 0 rings (SSSR count). The summed E-state index contributed by atoms with van der Waals surface area (Å²) in [7, 11) is 0. The molecule has 0 aliphatic rings. The molecule has 0 N–H and O–H groups in total. The Labute approximate surface area is 242 Å². The summed E-state index contributed by atoms with van der Waals surface area (Å²) < 4.78 is 7.02. The fourth-order valence-corrected chi connectivity index (χ4v) is 22.3. The fraction of sp³-hybridized carbons (Fsp3) is 1.00. The average Bonchev–Trinajstić information content (AvgIpc) is 2.91. The summed E-state index contributed by atoms with van der Waals surface area (Å²) >= 11 is -2.01. The molecular formula is C36H76Sn. The van der Waals surface area contributed by atoms with Crippen molar-refractivity contribution in [2.75, 3.05) is 0 Å². The van der Waals surface area contributed by atoms with Crippen molar-refractivity contribution in [3.05, 3.63) is 0 Å². The second-order valence-electron chi connectivity index (χ2n) is 13.0. The predicted octanol–water partition coefficient (Wildman–Crippen LogP) is 14.4. The Hall–Kier alpha value is 0.799. The molecule has 0 aliphatic heterocycles. The van der Waals surface area contributed by atoms with Gasteiger partial charge in [-0.25, -0.2) is 0 Å². The average molecular weight is 628 g/mol. The van der Waals surface area contributed by atoms with Gasteiger partial charge in [0.1, 0.15) is 0 Å². The molecule has 0 aliphatic carbocycles. The van der Waals surface area contributed by atoms with Crippen LogP contribution >= 0.6 is 0 Å². The van der Waals surface area contributed by atoms with E-state index in [0.29, 0.717) is 0 Å². The zero-order valence-corrected chi connectivity index (χ0v) is 30.0. The Kier molecular flexibility index (Phi) is 32.0. The van der Waals surface area contributed by atoms with Crippen molar-refractivity contribution >= 4 is 18.4 Å². The molecule has 0 bridgehead atoms. The maximum absolute atomic E-state index is 2.35. The van der Waals surface area contributed by atoms with Crippen molar-refractivity contribution in [3.63, 3.8) is 0 Å². The zero-order chi connectivity index (χ0) is 27.1. The summed E-state index contributed by atoms with van der Waals surface area (Å²) in [4.78, 5) is 0. The second-order valence-corrected chi connectivity index (χ2v) is 27.3. The molecular weight excluding hydrogens is 551 g/mol. The number of hydrogen-bond donors (Lipinski definition) is 0. The van der Waals surface area contributed by atoms with Gasteiger partial charge in [0.05, 0.1) is 0 Å². The van der Waals surface area contributed by atoms with Gasteiger partial charge in [-0.3, -0.25) is 0 Å². The molecule has 0 radical (unpaired) electrons. The third-order valence-electron chi connectivity index (χ3n) is 9.24. The molecule has 0 nitrogen and oxygen atoms in total. The van der Waals surface area contributed by atoms with E-state index < -0.39 is 18.4 Å². The predicted molar refractivity (Wildman–Crippen MR) is 177 cm³/mol. The molecule has 0 aromatic carbocycles. The molecule has 0 amide bonds. The van der Waals surface area contributed by atoms with Gasteiger partial charge in [0.15, 0.2) is 0 Å². The van der Waals surface area contributed by atoms with Gasteiger partial charge in [0, 0.05) is 0 Å². The van der Waals surface area contributed by atoms with E-state index in [0.717, 1.165) is 0 Å². The molecule has 224 valence electrons. The summed E-state index contributed by atoms with van der Waals surface area (Å²) in [5.74, 6) is 0. The van der Waals surface area contributed by atoms with E-state index in [9.17, 15) is 0 Å². The van der Waals surface area contributed by atoms with Crippen molar-refractivity contribution < 1.29 is 0 Å². The molecule has 0 saturated heterocycles. The minimum absolute atomic E-state index is 1.38. The van der Waals surface area contributed by atoms with Crippen LogP contribution in [-0.2, 0) is 0 Å². The first-order chi connectivity index (χ1) is 18.2. The van der Waals surface area contributed by atoms with Crippen LogP contribution in [0.25, 0.3) is 0 Å². The third-order valence-corrected chi connectivity index (χ3v) is 25.4. The first kappa shape index (κ1) is 37.8. The number of hydrogen-bond acceptors (Lipinski definition) is 0. The molecule has 0 heterocycles. The number of unbranched alkanes of at least 4 members (excludes halogenated alkanes) is 24. The summed E-state index contributed by atoms with van der Waals surface area (Å²) in [5, 5.41) is 0. The van der Waals surface area contributed by atoms with Gasteiger partial charge in [-0.2, -0.15) is 0 Å². The Bertz CT molecular complexity index is 326. The van der Waals surface area contributed by atoms with Crippen LogP contribution in [0.3, 0.4) is 0 Å². The monoisotopic (exact) mass is 628 g/mol. The SMILES string of the molecule is CCCCCCCC[CH2][Sn]([CH2]CCCCCCCC)([CH2]CCCCCCCC)[CH2]CCCCCCCC. The van der Waals surface area contributed by atoms with Gasteiger partial charge in [-0.15, -0.1) is 0 Å². The molecule has 0 unspecified atom stereocenters. The van der Waals surface area contributed by atoms with Gasteiger partial charge in [0.2, 0.25) is 0 Å². The van der Waals surface area contributed by atoms with Gasteiger partial charge < -0.3 is 0 Å². The van der Waals surface area contributed by atoms with Crippen molar-refractivity contribution in [1.29, 1.82) is 0 Å². The van der Waals surface area contributed by atoms with E-state index in [4.69, 9.17) is 0 Å². The first-order valence-electron chi connectivity index (χ1n) is 18.2. The Balaban J connectivity index is 4.78. The molecule has 37 heavy (non-hydrogen) atoms. The first-order valence-corrected chi connectivity index (χ1v) is 26.3. The molecule has 0 atom stereocenters. The van der Waals surface area contributed by atoms with E-state index in [2.05, 4.69) is 27.7 Å². The second kappa shape index (κ2) is 31.3. The molecule has 0 fully saturated rings. The van der Waals surface area contributed by atoms with Crippen LogP contribution in [0, 0.1) is 0 Å². The topological polar surface area (TPSA) is 0 Å². The summed E-state index contributed by atoms with van der Waals surface area (Å²) in [6.07, 6.45) is 42.0. The van der Waals surface area contributed by atoms with Gasteiger partial charge >= 0.3 is 244 Å². The molecule has 0 spiro atoms. The standard InChI is InChI=1S/4C9H19.Sn/c4*1-3-5-7-9-8-6-4-2;/h4*1,3-9H2,2H3;. The van der Waals surface area contributed by atoms with Crippen LogP contribution in [0.1, 0.15) is 207 Å². The van der Waals surface area contributed by atoms with E-state index in [1.165, 1.54) is 128 Å². The van der Waals surface area contributed by atoms with Gasteiger partial charge in [-0.05, 0) is 0 Å². The van der Waals surface area contributed by atoms with Crippen LogP contribution in [0.4, 0.5) is 0 Å². The molecule has 0 aromatic rings. The summed E-state index contributed by atoms with van der Waals surface area (Å²) in [6.45, 7) is 9.39. The fourth-order valence-electron chi connectivity index (χ4n) is 6.58. The Morgan fingerprint density at radius 3 is 0.568 bits per heavy atom.